The average molecular weight is 496 g/mol. The summed E-state index contributed by atoms with van der Waals surface area (Å²) in [5, 5.41) is 12.9. The first-order valence-electron chi connectivity index (χ1n) is 10.1. The molecule has 5 rings (SSSR count). The lowest BCUT2D eigenvalue weighted by atomic mass is 10.1. The number of anilines is 1. The van der Waals surface area contributed by atoms with Crippen molar-refractivity contribution in [3.05, 3.63) is 90.8 Å². The predicted octanol–water partition coefficient (Wildman–Crippen LogP) is 4.67. The molecule has 35 heavy (non-hydrogen) atoms. The highest BCUT2D eigenvalue weighted by atomic mass is 32.2. The molecule has 0 amide bonds. The van der Waals surface area contributed by atoms with Gasteiger partial charge in [0, 0.05) is 29.2 Å². The van der Waals surface area contributed by atoms with Crippen LogP contribution in [0.15, 0.2) is 90.1 Å². The van der Waals surface area contributed by atoms with Gasteiger partial charge in [-0.25, -0.2) is 8.42 Å². The van der Waals surface area contributed by atoms with Gasteiger partial charge in [0.05, 0.1) is 16.2 Å². The van der Waals surface area contributed by atoms with Crippen molar-refractivity contribution in [1.29, 1.82) is 0 Å². The van der Waals surface area contributed by atoms with Crippen molar-refractivity contribution >= 4 is 21.4 Å². The van der Waals surface area contributed by atoms with Crippen molar-refractivity contribution in [2.45, 2.75) is 11.1 Å². The standard InChI is InChI=1S/C23H15F3N6O2S/c24-23(25,26)17-4-2-6-19(14-17)35(33,34)31-18-5-1-3-16(13-18)20-7-8-21-28-29-22(32(21)30-20)15-9-11-27-12-10-15/h1-14,31H. The largest absolute Gasteiger partial charge is 0.416 e. The highest BCUT2D eigenvalue weighted by Crippen LogP contribution is 2.31. The fourth-order valence-corrected chi connectivity index (χ4v) is 4.51. The Balaban J connectivity index is 1.48. The van der Waals surface area contributed by atoms with Crippen molar-refractivity contribution < 1.29 is 21.6 Å². The number of hydrogen-bond acceptors (Lipinski definition) is 6. The number of nitrogens with zero attached hydrogens (tertiary/aromatic N) is 5. The second-order valence-electron chi connectivity index (χ2n) is 7.46. The van der Waals surface area contributed by atoms with Gasteiger partial charge in [0.15, 0.2) is 11.5 Å². The Morgan fingerprint density at radius 2 is 1.60 bits per heavy atom. The number of alkyl halides is 3. The van der Waals surface area contributed by atoms with Crippen LogP contribution in [0.2, 0.25) is 0 Å². The molecule has 3 aromatic heterocycles. The van der Waals surface area contributed by atoms with Gasteiger partial charge in [-0.2, -0.15) is 22.8 Å². The number of nitrogens with one attached hydrogen (secondary N) is 1. The van der Waals surface area contributed by atoms with Gasteiger partial charge in [-0.05, 0) is 54.6 Å². The van der Waals surface area contributed by atoms with Gasteiger partial charge in [0.1, 0.15) is 0 Å². The summed E-state index contributed by atoms with van der Waals surface area (Å²) in [7, 11) is -4.27. The number of benzene rings is 2. The van der Waals surface area contributed by atoms with Gasteiger partial charge in [-0.1, -0.05) is 18.2 Å². The van der Waals surface area contributed by atoms with E-state index in [9.17, 15) is 21.6 Å². The molecule has 0 spiro atoms. The third-order valence-corrected chi connectivity index (χ3v) is 6.46. The molecule has 0 unspecified atom stereocenters. The molecule has 3 heterocycles. The van der Waals surface area contributed by atoms with E-state index in [1.54, 1.807) is 53.3 Å². The minimum absolute atomic E-state index is 0.167. The molecule has 0 aliphatic heterocycles. The van der Waals surface area contributed by atoms with Gasteiger partial charge in [-0.15, -0.1) is 10.2 Å². The summed E-state index contributed by atoms with van der Waals surface area (Å²) in [6, 6.07) is 16.9. The maximum absolute atomic E-state index is 13.0. The fraction of sp³-hybridized carbons (Fsp3) is 0.0435. The summed E-state index contributed by atoms with van der Waals surface area (Å²) in [5.74, 6) is 0.505. The lowest BCUT2D eigenvalue weighted by Gasteiger charge is -2.12. The summed E-state index contributed by atoms with van der Waals surface area (Å²) in [6.07, 6.45) is -1.41. The number of fused-ring (bicyclic) bond motifs is 1. The number of hydrogen-bond donors (Lipinski definition) is 1. The van der Waals surface area contributed by atoms with E-state index in [0.29, 0.717) is 28.8 Å². The second kappa shape index (κ2) is 8.47. The maximum atomic E-state index is 13.0. The van der Waals surface area contributed by atoms with E-state index in [-0.39, 0.29) is 5.69 Å². The molecule has 0 bridgehead atoms. The lowest BCUT2D eigenvalue weighted by molar-refractivity contribution is -0.137. The van der Waals surface area contributed by atoms with Gasteiger partial charge in [-0.3, -0.25) is 9.71 Å². The molecule has 0 saturated heterocycles. The second-order valence-corrected chi connectivity index (χ2v) is 9.14. The van der Waals surface area contributed by atoms with Gasteiger partial charge >= 0.3 is 6.18 Å². The van der Waals surface area contributed by atoms with Gasteiger partial charge < -0.3 is 0 Å². The van der Waals surface area contributed by atoms with E-state index in [1.807, 2.05) is 0 Å². The quantitative estimate of drug-likeness (QED) is 0.379. The Morgan fingerprint density at radius 1 is 0.829 bits per heavy atom. The topological polar surface area (TPSA) is 102 Å². The smallest absolute Gasteiger partial charge is 0.280 e. The van der Waals surface area contributed by atoms with E-state index in [4.69, 9.17) is 0 Å². The minimum atomic E-state index is -4.66. The summed E-state index contributed by atoms with van der Waals surface area (Å²) in [6.45, 7) is 0. The molecule has 0 aliphatic carbocycles. The van der Waals surface area contributed by atoms with Gasteiger partial charge in [0.25, 0.3) is 10.0 Å². The maximum Gasteiger partial charge on any atom is 0.416 e. The first kappa shape index (κ1) is 22.5. The Morgan fingerprint density at radius 3 is 2.37 bits per heavy atom. The van der Waals surface area contributed by atoms with E-state index >= 15 is 0 Å². The van der Waals surface area contributed by atoms with E-state index in [0.717, 1.165) is 23.8 Å². The van der Waals surface area contributed by atoms with Crippen LogP contribution in [0.4, 0.5) is 18.9 Å². The number of halogens is 3. The van der Waals surface area contributed by atoms with E-state index in [2.05, 4.69) is 25.0 Å². The molecule has 5 aromatic rings. The van der Waals surface area contributed by atoms with Crippen LogP contribution in [0.5, 0.6) is 0 Å². The summed E-state index contributed by atoms with van der Waals surface area (Å²) < 4.78 is 68.4. The summed E-state index contributed by atoms with van der Waals surface area (Å²) in [5.41, 5.74) is 1.48. The van der Waals surface area contributed by atoms with Crippen LogP contribution >= 0.6 is 0 Å². The van der Waals surface area contributed by atoms with Crippen LogP contribution in [-0.4, -0.2) is 33.2 Å². The molecule has 0 fully saturated rings. The normalized spacial score (nSPS) is 12.1. The zero-order valence-corrected chi connectivity index (χ0v) is 18.5. The number of pyridine rings is 1. The molecule has 176 valence electrons. The predicted molar refractivity (Wildman–Crippen MR) is 122 cm³/mol. The van der Waals surface area contributed by atoms with Crippen molar-refractivity contribution in [1.82, 2.24) is 24.8 Å². The zero-order chi connectivity index (χ0) is 24.6. The highest BCUT2D eigenvalue weighted by molar-refractivity contribution is 7.92. The van der Waals surface area contributed by atoms with Crippen LogP contribution in [0.25, 0.3) is 28.3 Å². The monoisotopic (exact) mass is 496 g/mol. The van der Waals surface area contributed by atoms with Crippen LogP contribution in [0.1, 0.15) is 5.56 Å². The summed E-state index contributed by atoms with van der Waals surface area (Å²) >= 11 is 0. The Bertz CT molecular complexity index is 1640. The molecule has 8 nitrogen and oxygen atoms in total. The van der Waals surface area contributed by atoms with Crippen LogP contribution < -0.4 is 4.72 Å². The van der Waals surface area contributed by atoms with Crippen LogP contribution in [0, 0.1) is 0 Å². The Hall–Kier alpha value is -4.32. The van der Waals surface area contributed by atoms with Crippen molar-refractivity contribution in [3.8, 4) is 22.6 Å². The first-order valence-corrected chi connectivity index (χ1v) is 11.6. The van der Waals surface area contributed by atoms with Crippen LogP contribution in [-0.2, 0) is 16.2 Å². The molecule has 0 radical (unpaired) electrons. The molecule has 0 atom stereocenters. The third-order valence-electron chi connectivity index (χ3n) is 5.08. The van der Waals surface area contributed by atoms with Crippen molar-refractivity contribution in [3.63, 3.8) is 0 Å². The number of rotatable bonds is 5. The Kier molecular flexibility index (Phi) is 5.44. The fourth-order valence-electron chi connectivity index (χ4n) is 3.42. The molecular formula is C23H15F3N6O2S. The van der Waals surface area contributed by atoms with E-state index in [1.165, 1.54) is 12.1 Å². The molecule has 0 saturated carbocycles. The number of aromatic nitrogens is 5. The molecule has 0 aliphatic rings. The SMILES string of the molecule is O=S(=O)(Nc1cccc(-c2ccc3nnc(-c4ccncc4)n3n2)c1)c1cccc(C(F)(F)F)c1. The molecule has 1 N–H and O–H groups in total. The molecule has 12 heteroatoms. The van der Waals surface area contributed by atoms with Crippen molar-refractivity contribution in [2.75, 3.05) is 4.72 Å². The van der Waals surface area contributed by atoms with E-state index < -0.39 is 26.7 Å². The number of sulfonamides is 1. The summed E-state index contributed by atoms with van der Waals surface area (Å²) in [4.78, 5) is 3.49. The lowest BCUT2D eigenvalue weighted by Crippen LogP contribution is -2.14. The van der Waals surface area contributed by atoms with Crippen molar-refractivity contribution in [2.24, 2.45) is 0 Å². The molecule has 2 aromatic carbocycles. The first-order chi connectivity index (χ1) is 16.7. The minimum Gasteiger partial charge on any atom is -0.280 e. The highest BCUT2D eigenvalue weighted by Gasteiger charge is 2.31. The zero-order valence-electron chi connectivity index (χ0n) is 17.7. The van der Waals surface area contributed by atoms with Crippen LogP contribution in [0.3, 0.4) is 0 Å². The third kappa shape index (κ3) is 4.55. The Labute approximate surface area is 197 Å². The average Bonchev–Trinajstić information content (AvgIpc) is 3.27. The molecular weight excluding hydrogens is 481 g/mol. The van der Waals surface area contributed by atoms with Gasteiger partial charge in [0.2, 0.25) is 0 Å².